The molecule has 2 rings (SSSR count). The van der Waals surface area contributed by atoms with Crippen LogP contribution >= 0.6 is 11.6 Å². The lowest BCUT2D eigenvalue weighted by molar-refractivity contribution is -0.137. The summed E-state index contributed by atoms with van der Waals surface area (Å²) < 4.78 is 52.3. The second-order valence-corrected chi connectivity index (χ2v) is 4.29. The van der Waals surface area contributed by atoms with Crippen molar-refractivity contribution in [3.63, 3.8) is 0 Å². The average Bonchev–Trinajstić information content (AvgIpc) is 2.81. The lowest BCUT2D eigenvalue weighted by Gasteiger charge is -2.10. The Morgan fingerprint density at radius 3 is 2.53 bits per heavy atom. The van der Waals surface area contributed by atoms with Crippen LogP contribution in [0.25, 0.3) is 5.69 Å². The van der Waals surface area contributed by atoms with Crippen molar-refractivity contribution in [1.29, 1.82) is 0 Å². The van der Waals surface area contributed by atoms with E-state index in [1.165, 1.54) is 12.1 Å². The minimum absolute atomic E-state index is 0.0659. The predicted octanol–water partition coefficient (Wildman–Crippen LogP) is 4.25. The zero-order chi connectivity index (χ0) is 14.2. The second-order valence-electron chi connectivity index (χ2n) is 3.88. The Morgan fingerprint density at radius 2 is 2.00 bits per heavy atom. The van der Waals surface area contributed by atoms with Crippen molar-refractivity contribution in [1.82, 2.24) is 9.78 Å². The lowest BCUT2D eigenvalue weighted by atomic mass is 10.1. The summed E-state index contributed by atoms with van der Waals surface area (Å²) in [7, 11) is 0. The van der Waals surface area contributed by atoms with Crippen molar-refractivity contribution in [2.24, 2.45) is 0 Å². The van der Waals surface area contributed by atoms with Crippen LogP contribution in [0.2, 0.25) is 5.02 Å². The molecule has 0 saturated heterocycles. The third kappa shape index (κ3) is 2.58. The molecule has 19 heavy (non-hydrogen) atoms. The van der Waals surface area contributed by atoms with Gasteiger partial charge in [-0.3, -0.25) is 0 Å². The van der Waals surface area contributed by atoms with Crippen LogP contribution in [-0.4, -0.2) is 9.78 Å². The standard InChI is InChI=1S/C12H9ClF4N2/c1-2-8-10(4-3-9(13)11(8)14)19-6-7(5-18-19)12(15,16)17/h3-6H,2H2,1H3. The minimum atomic E-state index is -4.48. The van der Waals surface area contributed by atoms with Gasteiger partial charge in [0.05, 0.1) is 22.5 Å². The molecule has 7 heteroatoms. The van der Waals surface area contributed by atoms with Gasteiger partial charge in [-0.25, -0.2) is 9.07 Å². The normalized spacial score (nSPS) is 11.9. The number of hydrogen-bond donors (Lipinski definition) is 0. The maximum absolute atomic E-state index is 13.8. The van der Waals surface area contributed by atoms with Crippen LogP contribution in [0.3, 0.4) is 0 Å². The van der Waals surface area contributed by atoms with Gasteiger partial charge in [0.2, 0.25) is 0 Å². The van der Waals surface area contributed by atoms with Crippen LogP contribution in [0, 0.1) is 5.82 Å². The van der Waals surface area contributed by atoms with E-state index in [4.69, 9.17) is 11.6 Å². The van der Waals surface area contributed by atoms with E-state index in [9.17, 15) is 17.6 Å². The zero-order valence-corrected chi connectivity index (χ0v) is 10.6. The first-order valence-corrected chi connectivity index (χ1v) is 5.81. The molecule has 1 aromatic carbocycles. The van der Waals surface area contributed by atoms with Crippen molar-refractivity contribution in [3.05, 3.63) is 46.5 Å². The van der Waals surface area contributed by atoms with Crippen molar-refractivity contribution < 1.29 is 17.6 Å². The van der Waals surface area contributed by atoms with Crippen LogP contribution < -0.4 is 0 Å². The van der Waals surface area contributed by atoms with Gasteiger partial charge in [0, 0.05) is 11.8 Å². The summed E-state index contributed by atoms with van der Waals surface area (Å²) in [5, 5.41) is 3.55. The number of rotatable bonds is 2. The molecular formula is C12H9ClF4N2. The SMILES string of the molecule is CCc1c(-n2cc(C(F)(F)F)cn2)ccc(Cl)c1F. The van der Waals surface area contributed by atoms with Crippen LogP contribution in [0.4, 0.5) is 17.6 Å². The van der Waals surface area contributed by atoms with Gasteiger partial charge in [0.15, 0.2) is 0 Å². The maximum atomic E-state index is 13.8. The summed E-state index contributed by atoms with van der Waals surface area (Å²) >= 11 is 5.65. The van der Waals surface area contributed by atoms with E-state index in [-0.39, 0.29) is 16.3 Å². The monoisotopic (exact) mass is 292 g/mol. The first kappa shape index (κ1) is 13.9. The fourth-order valence-corrected chi connectivity index (χ4v) is 1.91. The lowest BCUT2D eigenvalue weighted by Crippen LogP contribution is -2.04. The molecule has 0 bridgehead atoms. The predicted molar refractivity (Wildman–Crippen MR) is 62.9 cm³/mol. The van der Waals surface area contributed by atoms with Gasteiger partial charge in [-0.2, -0.15) is 18.3 Å². The van der Waals surface area contributed by atoms with E-state index in [0.717, 1.165) is 10.9 Å². The molecule has 2 aromatic rings. The van der Waals surface area contributed by atoms with Gasteiger partial charge in [-0.05, 0) is 18.6 Å². The number of benzene rings is 1. The molecule has 2 nitrogen and oxygen atoms in total. The highest BCUT2D eigenvalue weighted by atomic mass is 35.5. The van der Waals surface area contributed by atoms with Crippen LogP contribution in [0.1, 0.15) is 18.1 Å². The molecule has 0 spiro atoms. The van der Waals surface area contributed by atoms with Gasteiger partial charge < -0.3 is 0 Å². The Morgan fingerprint density at radius 1 is 1.32 bits per heavy atom. The van der Waals surface area contributed by atoms with Gasteiger partial charge in [0.25, 0.3) is 0 Å². The molecule has 0 aliphatic heterocycles. The molecule has 0 aliphatic rings. The average molecular weight is 293 g/mol. The number of nitrogens with zero attached hydrogens (tertiary/aromatic N) is 2. The molecule has 0 unspecified atom stereocenters. The van der Waals surface area contributed by atoms with E-state index in [1.54, 1.807) is 6.92 Å². The fourth-order valence-electron chi connectivity index (χ4n) is 1.73. The van der Waals surface area contributed by atoms with Gasteiger partial charge in [0.1, 0.15) is 5.82 Å². The Hall–Kier alpha value is -1.56. The summed E-state index contributed by atoms with van der Waals surface area (Å²) in [4.78, 5) is 0. The van der Waals surface area contributed by atoms with Crippen molar-refractivity contribution in [2.45, 2.75) is 19.5 Å². The molecule has 0 radical (unpaired) electrons. The van der Waals surface area contributed by atoms with Gasteiger partial charge in [-0.1, -0.05) is 18.5 Å². The smallest absolute Gasteiger partial charge is 0.240 e. The summed E-state index contributed by atoms with van der Waals surface area (Å²) in [6.45, 7) is 1.69. The fraction of sp³-hybridized carbons (Fsp3) is 0.250. The van der Waals surface area contributed by atoms with Gasteiger partial charge in [-0.15, -0.1) is 0 Å². The number of hydrogen-bond acceptors (Lipinski definition) is 1. The molecule has 0 saturated carbocycles. The number of halogens is 5. The Kier molecular flexibility index (Phi) is 3.54. The largest absolute Gasteiger partial charge is 0.419 e. The third-order valence-electron chi connectivity index (χ3n) is 2.68. The molecule has 102 valence electrons. The zero-order valence-electron chi connectivity index (χ0n) is 9.80. The highest BCUT2D eigenvalue weighted by molar-refractivity contribution is 6.30. The van der Waals surface area contributed by atoms with Crippen LogP contribution in [0.5, 0.6) is 0 Å². The molecule has 0 aliphatic carbocycles. The third-order valence-corrected chi connectivity index (χ3v) is 2.97. The van der Waals surface area contributed by atoms with E-state index in [2.05, 4.69) is 5.10 Å². The van der Waals surface area contributed by atoms with E-state index < -0.39 is 17.6 Å². The topological polar surface area (TPSA) is 17.8 Å². The van der Waals surface area contributed by atoms with Gasteiger partial charge >= 0.3 is 6.18 Å². The number of aromatic nitrogens is 2. The Balaban J connectivity index is 2.54. The van der Waals surface area contributed by atoms with Crippen molar-refractivity contribution >= 4 is 11.6 Å². The minimum Gasteiger partial charge on any atom is -0.240 e. The van der Waals surface area contributed by atoms with Crippen molar-refractivity contribution in [3.8, 4) is 5.69 Å². The summed E-state index contributed by atoms with van der Waals surface area (Å²) in [6.07, 6.45) is -2.66. The van der Waals surface area contributed by atoms with E-state index >= 15 is 0 Å². The highest BCUT2D eigenvalue weighted by Gasteiger charge is 2.32. The molecule has 0 fully saturated rings. The first-order chi connectivity index (χ1) is 8.84. The maximum Gasteiger partial charge on any atom is 0.419 e. The molecule has 0 N–H and O–H groups in total. The summed E-state index contributed by atoms with van der Waals surface area (Å²) in [5.41, 5.74) is -0.408. The molecule has 0 amide bonds. The first-order valence-electron chi connectivity index (χ1n) is 5.43. The molecule has 0 atom stereocenters. The number of alkyl halides is 3. The van der Waals surface area contributed by atoms with E-state index in [0.29, 0.717) is 12.6 Å². The Bertz CT molecular complexity index is 604. The molecule has 1 aromatic heterocycles. The van der Waals surface area contributed by atoms with Crippen molar-refractivity contribution in [2.75, 3.05) is 0 Å². The quantitative estimate of drug-likeness (QED) is 0.757. The highest BCUT2D eigenvalue weighted by Crippen LogP contribution is 2.30. The second kappa shape index (κ2) is 4.85. The summed E-state index contributed by atoms with van der Waals surface area (Å²) in [5.74, 6) is -0.634. The van der Waals surface area contributed by atoms with E-state index in [1.807, 2.05) is 0 Å². The molecular weight excluding hydrogens is 284 g/mol. The van der Waals surface area contributed by atoms with Crippen LogP contribution in [0.15, 0.2) is 24.5 Å². The molecule has 1 heterocycles. The Labute approximate surface area is 111 Å². The summed E-state index contributed by atoms with van der Waals surface area (Å²) in [6, 6.07) is 2.73. The van der Waals surface area contributed by atoms with Crippen LogP contribution in [-0.2, 0) is 12.6 Å².